The summed E-state index contributed by atoms with van der Waals surface area (Å²) in [5.41, 5.74) is 0.0604. The highest BCUT2D eigenvalue weighted by molar-refractivity contribution is 7.58. The number of carboxylic acids is 1. The fourth-order valence-electron chi connectivity index (χ4n) is 1.80. The molecule has 0 fully saturated rings. The normalized spacial score (nSPS) is 15.8. The molecule has 5 nitrogen and oxygen atoms in total. The van der Waals surface area contributed by atoms with Gasteiger partial charge in [0.15, 0.2) is 0 Å². The largest absolute Gasteiger partial charge is 0.478 e. The van der Waals surface area contributed by atoms with Crippen LogP contribution in [0.3, 0.4) is 0 Å². The Morgan fingerprint density at radius 1 is 1.37 bits per heavy atom. The second kappa shape index (κ2) is 8.51. The van der Waals surface area contributed by atoms with Crippen LogP contribution in [-0.2, 0) is 9.36 Å². The fourth-order valence-corrected chi connectivity index (χ4v) is 3.87. The monoisotopic (exact) mass is 291 g/mol. The first-order valence-electron chi connectivity index (χ1n) is 6.52. The van der Waals surface area contributed by atoms with Crippen LogP contribution < -0.4 is 0 Å². The molecule has 1 unspecified atom stereocenters. The van der Waals surface area contributed by atoms with Crippen LogP contribution in [0, 0.1) is 5.92 Å². The molecule has 6 heteroatoms. The van der Waals surface area contributed by atoms with Gasteiger partial charge in [-0.15, -0.1) is 0 Å². The lowest BCUT2D eigenvalue weighted by atomic mass is 10.2. The average molecular weight is 291 g/mol. The Balaban J connectivity index is 4.53. The first-order chi connectivity index (χ1) is 8.64. The SMILES string of the molecule is CC(C)CP(=O)(O)C/C(=C/CCCN(C)C)C(=O)O. The minimum absolute atomic E-state index is 0.0604. The van der Waals surface area contributed by atoms with Crippen molar-refractivity contribution in [2.24, 2.45) is 5.92 Å². The van der Waals surface area contributed by atoms with Gasteiger partial charge in [-0.3, -0.25) is 4.57 Å². The summed E-state index contributed by atoms with van der Waals surface area (Å²) in [6.45, 7) is 4.57. The molecular formula is C13H26NO4P. The highest BCUT2D eigenvalue weighted by atomic mass is 31.2. The lowest BCUT2D eigenvalue weighted by molar-refractivity contribution is -0.132. The maximum Gasteiger partial charge on any atom is 0.331 e. The van der Waals surface area contributed by atoms with E-state index in [0.717, 1.165) is 13.0 Å². The van der Waals surface area contributed by atoms with Crippen molar-refractivity contribution < 1.29 is 19.4 Å². The van der Waals surface area contributed by atoms with Crippen molar-refractivity contribution in [2.75, 3.05) is 33.0 Å². The third kappa shape index (κ3) is 9.88. The third-order valence-corrected chi connectivity index (χ3v) is 4.68. The summed E-state index contributed by atoms with van der Waals surface area (Å²) >= 11 is 0. The number of rotatable bonds is 9. The second-order valence-electron chi connectivity index (χ2n) is 5.56. The standard InChI is InChI=1S/C13H26NO4P/c1-11(2)9-19(17,18)10-12(13(15)16)7-5-6-8-14(3)4/h7,11H,5-6,8-10H2,1-4H3,(H,15,16)(H,17,18)/b12-7-. The van der Waals surface area contributed by atoms with E-state index in [4.69, 9.17) is 5.11 Å². The van der Waals surface area contributed by atoms with Crippen molar-refractivity contribution in [3.8, 4) is 0 Å². The molecule has 0 saturated carbocycles. The summed E-state index contributed by atoms with van der Waals surface area (Å²) in [6.07, 6.45) is 2.96. The zero-order valence-electron chi connectivity index (χ0n) is 12.3. The Hall–Kier alpha value is -0.640. The summed E-state index contributed by atoms with van der Waals surface area (Å²) in [6, 6.07) is 0. The van der Waals surface area contributed by atoms with Gasteiger partial charge in [-0.05, 0) is 39.4 Å². The molecule has 112 valence electrons. The summed E-state index contributed by atoms with van der Waals surface area (Å²) in [5.74, 6) is -1.01. The van der Waals surface area contributed by atoms with Gasteiger partial charge in [-0.2, -0.15) is 0 Å². The Morgan fingerprint density at radius 2 is 1.95 bits per heavy atom. The first kappa shape index (κ1) is 18.4. The van der Waals surface area contributed by atoms with Gasteiger partial charge in [0.05, 0.1) is 6.16 Å². The van der Waals surface area contributed by atoms with Gasteiger partial charge in [0.1, 0.15) is 0 Å². The number of hydrogen-bond donors (Lipinski definition) is 2. The quantitative estimate of drug-likeness (QED) is 0.387. The minimum atomic E-state index is -3.39. The number of hydrogen-bond acceptors (Lipinski definition) is 3. The van der Waals surface area contributed by atoms with E-state index in [1.165, 1.54) is 0 Å². The maximum absolute atomic E-state index is 11.9. The highest BCUT2D eigenvalue weighted by Gasteiger charge is 2.24. The Morgan fingerprint density at radius 3 is 2.37 bits per heavy atom. The third-order valence-electron chi connectivity index (χ3n) is 2.54. The molecule has 0 aliphatic carbocycles. The van der Waals surface area contributed by atoms with Crippen molar-refractivity contribution in [3.63, 3.8) is 0 Å². The van der Waals surface area contributed by atoms with E-state index >= 15 is 0 Å². The molecule has 0 bridgehead atoms. The Labute approximate surface area is 115 Å². The van der Waals surface area contributed by atoms with Crippen LogP contribution in [0.25, 0.3) is 0 Å². The molecule has 1 atom stereocenters. The van der Waals surface area contributed by atoms with Gasteiger partial charge in [-0.25, -0.2) is 4.79 Å². The zero-order chi connectivity index (χ0) is 15.1. The van der Waals surface area contributed by atoms with Crippen molar-refractivity contribution in [2.45, 2.75) is 26.7 Å². The zero-order valence-corrected chi connectivity index (χ0v) is 13.2. The van der Waals surface area contributed by atoms with E-state index < -0.39 is 13.3 Å². The molecule has 0 aromatic heterocycles. The maximum atomic E-state index is 11.9. The summed E-state index contributed by atoms with van der Waals surface area (Å²) in [7, 11) is 0.516. The lowest BCUT2D eigenvalue weighted by Gasteiger charge is -2.14. The van der Waals surface area contributed by atoms with Crippen molar-refractivity contribution in [1.82, 2.24) is 4.90 Å². The fraction of sp³-hybridized carbons (Fsp3) is 0.769. The number of aliphatic carboxylic acids is 1. The topological polar surface area (TPSA) is 77.8 Å². The molecule has 0 radical (unpaired) electrons. The van der Waals surface area contributed by atoms with Gasteiger partial charge < -0.3 is 14.9 Å². The molecule has 0 spiro atoms. The minimum Gasteiger partial charge on any atom is -0.478 e. The highest BCUT2D eigenvalue weighted by Crippen LogP contribution is 2.44. The van der Waals surface area contributed by atoms with Gasteiger partial charge in [0, 0.05) is 11.7 Å². The molecule has 0 heterocycles. The van der Waals surface area contributed by atoms with Gasteiger partial charge in [0.25, 0.3) is 0 Å². The molecule has 0 aliphatic rings. The van der Waals surface area contributed by atoms with Gasteiger partial charge in [0.2, 0.25) is 7.37 Å². The molecular weight excluding hydrogens is 265 g/mol. The average Bonchev–Trinajstić information content (AvgIpc) is 2.19. The Bertz CT molecular complexity index is 364. The number of unbranched alkanes of at least 4 members (excludes halogenated alkanes) is 1. The van der Waals surface area contributed by atoms with E-state index in [1.807, 2.05) is 32.8 Å². The number of nitrogens with zero attached hydrogens (tertiary/aromatic N) is 1. The van der Waals surface area contributed by atoms with Crippen molar-refractivity contribution in [3.05, 3.63) is 11.6 Å². The van der Waals surface area contributed by atoms with Crippen LogP contribution in [0.15, 0.2) is 11.6 Å². The summed E-state index contributed by atoms with van der Waals surface area (Å²) in [4.78, 5) is 22.9. The number of carbonyl (C=O) groups is 1. The van der Waals surface area contributed by atoms with Crippen LogP contribution in [0.5, 0.6) is 0 Å². The predicted molar refractivity (Wildman–Crippen MR) is 77.9 cm³/mol. The molecule has 0 aromatic rings. The van der Waals surface area contributed by atoms with Crippen molar-refractivity contribution in [1.29, 1.82) is 0 Å². The molecule has 19 heavy (non-hydrogen) atoms. The van der Waals surface area contributed by atoms with E-state index in [2.05, 4.69) is 0 Å². The molecule has 0 amide bonds. The van der Waals surface area contributed by atoms with Gasteiger partial charge in [-0.1, -0.05) is 19.9 Å². The van der Waals surface area contributed by atoms with Crippen LogP contribution in [-0.4, -0.2) is 53.8 Å². The van der Waals surface area contributed by atoms with Crippen molar-refractivity contribution >= 4 is 13.3 Å². The summed E-state index contributed by atoms with van der Waals surface area (Å²) in [5, 5.41) is 9.07. The van der Waals surface area contributed by atoms with Crippen LogP contribution in [0.4, 0.5) is 0 Å². The molecule has 2 N–H and O–H groups in total. The smallest absolute Gasteiger partial charge is 0.331 e. The van der Waals surface area contributed by atoms with Crippen LogP contribution in [0.1, 0.15) is 26.7 Å². The molecule has 0 aliphatic heterocycles. The van der Waals surface area contributed by atoms with E-state index in [0.29, 0.717) is 6.42 Å². The molecule has 0 saturated heterocycles. The lowest BCUT2D eigenvalue weighted by Crippen LogP contribution is -2.13. The van der Waals surface area contributed by atoms with E-state index in [1.54, 1.807) is 6.08 Å². The second-order valence-corrected chi connectivity index (χ2v) is 7.93. The molecule has 0 rings (SSSR count). The molecule has 0 aromatic carbocycles. The Kier molecular flexibility index (Phi) is 8.23. The van der Waals surface area contributed by atoms with Crippen LogP contribution in [0.2, 0.25) is 0 Å². The summed E-state index contributed by atoms with van der Waals surface area (Å²) < 4.78 is 11.9. The number of carboxylic acid groups (broad SMARTS) is 1. The number of allylic oxidation sites excluding steroid dienone is 1. The first-order valence-corrected chi connectivity index (χ1v) is 8.55. The predicted octanol–water partition coefficient (Wildman–Crippen LogP) is 2.27. The van der Waals surface area contributed by atoms with Gasteiger partial charge >= 0.3 is 5.97 Å². The van der Waals surface area contributed by atoms with Crippen LogP contribution >= 0.6 is 7.37 Å². The van der Waals surface area contributed by atoms with E-state index in [-0.39, 0.29) is 23.8 Å². The van der Waals surface area contributed by atoms with E-state index in [9.17, 15) is 14.3 Å².